The second-order valence-electron chi connectivity index (χ2n) is 1.84. The molecule has 0 spiro atoms. The smallest absolute Gasteiger partial charge is 0.338 e. The van der Waals surface area contributed by atoms with Crippen molar-refractivity contribution in [1.82, 2.24) is 0 Å². The summed E-state index contributed by atoms with van der Waals surface area (Å²) in [5, 5.41) is 1.68. The van der Waals surface area contributed by atoms with E-state index in [-0.39, 0.29) is 5.97 Å². The molecule has 0 amide bonds. The third kappa shape index (κ3) is 1.60. The first kappa shape index (κ1) is 7.83. The van der Waals surface area contributed by atoms with E-state index in [0.717, 1.165) is 4.88 Å². The van der Waals surface area contributed by atoms with Gasteiger partial charge in [-0.3, -0.25) is 0 Å². The fourth-order valence-corrected chi connectivity index (χ4v) is 1.32. The van der Waals surface area contributed by atoms with Crippen LogP contribution in [-0.4, -0.2) is 13.1 Å². The summed E-state index contributed by atoms with van der Waals surface area (Å²) >= 11 is 1.36. The molecule has 0 aromatic carbocycles. The summed E-state index contributed by atoms with van der Waals surface area (Å²) < 4.78 is 4.49. The summed E-state index contributed by atoms with van der Waals surface area (Å²) in [6, 6.07) is 1.64. The Balaban J connectivity index is 2.91. The SMILES string of the molecule is C#Cc1cc(C(=O)OC)cs1. The van der Waals surface area contributed by atoms with Crippen molar-refractivity contribution in [1.29, 1.82) is 0 Å². The first-order chi connectivity index (χ1) is 5.27. The van der Waals surface area contributed by atoms with Gasteiger partial charge in [-0.15, -0.1) is 17.8 Å². The van der Waals surface area contributed by atoms with Crippen LogP contribution in [0.2, 0.25) is 0 Å². The van der Waals surface area contributed by atoms with Gasteiger partial charge >= 0.3 is 5.97 Å². The number of hydrogen-bond acceptors (Lipinski definition) is 3. The average Bonchev–Trinajstić information content (AvgIpc) is 2.50. The van der Waals surface area contributed by atoms with Gasteiger partial charge < -0.3 is 4.74 Å². The van der Waals surface area contributed by atoms with Crippen LogP contribution in [0.1, 0.15) is 15.2 Å². The van der Waals surface area contributed by atoms with Gasteiger partial charge in [0.1, 0.15) is 0 Å². The molecule has 0 unspecified atom stereocenters. The molecule has 3 heteroatoms. The maximum absolute atomic E-state index is 10.9. The zero-order valence-corrected chi connectivity index (χ0v) is 6.77. The molecule has 0 aliphatic carbocycles. The van der Waals surface area contributed by atoms with E-state index in [1.165, 1.54) is 18.4 Å². The van der Waals surface area contributed by atoms with E-state index in [4.69, 9.17) is 6.42 Å². The maximum atomic E-state index is 10.9. The normalized spacial score (nSPS) is 8.73. The van der Waals surface area contributed by atoms with Crippen molar-refractivity contribution in [3.05, 3.63) is 21.9 Å². The minimum Gasteiger partial charge on any atom is -0.465 e. The number of carbonyl (C=O) groups is 1. The van der Waals surface area contributed by atoms with E-state index in [9.17, 15) is 4.79 Å². The minimum absolute atomic E-state index is 0.345. The second kappa shape index (κ2) is 3.22. The number of hydrogen-bond donors (Lipinski definition) is 0. The molecule has 0 fully saturated rings. The largest absolute Gasteiger partial charge is 0.465 e. The van der Waals surface area contributed by atoms with Crippen LogP contribution >= 0.6 is 11.3 Å². The fourth-order valence-electron chi connectivity index (χ4n) is 0.637. The lowest BCUT2D eigenvalue weighted by molar-refractivity contribution is 0.0601. The van der Waals surface area contributed by atoms with Crippen molar-refractivity contribution in [3.8, 4) is 12.3 Å². The van der Waals surface area contributed by atoms with E-state index in [0.29, 0.717) is 5.56 Å². The summed E-state index contributed by atoms with van der Waals surface area (Å²) in [6.07, 6.45) is 5.11. The van der Waals surface area contributed by atoms with Crippen molar-refractivity contribution in [3.63, 3.8) is 0 Å². The summed E-state index contributed by atoms with van der Waals surface area (Å²) in [7, 11) is 1.34. The van der Waals surface area contributed by atoms with Crippen LogP contribution in [0.15, 0.2) is 11.4 Å². The summed E-state index contributed by atoms with van der Waals surface area (Å²) in [5.74, 6) is 2.09. The highest BCUT2D eigenvalue weighted by molar-refractivity contribution is 7.10. The molecule has 1 aromatic heterocycles. The van der Waals surface area contributed by atoms with E-state index in [1.54, 1.807) is 11.4 Å². The predicted molar refractivity (Wildman–Crippen MR) is 43.6 cm³/mol. The lowest BCUT2D eigenvalue weighted by Crippen LogP contribution is -1.97. The lowest BCUT2D eigenvalue weighted by atomic mass is 10.3. The molecule has 0 aliphatic heterocycles. The Morgan fingerprint density at radius 2 is 2.55 bits per heavy atom. The van der Waals surface area contributed by atoms with Crippen LogP contribution in [0.3, 0.4) is 0 Å². The van der Waals surface area contributed by atoms with E-state index < -0.39 is 0 Å². The average molecular weight is 166 g/mol. The standard InChI is InChI=1S/C8H6O2S/c1-3-7-4-6(5-11-7)8(9)10-2/h1,4-5H,2H3. The first-order valence-corrected chi connectivity index (χ1v) is 3.79. The van der Waals surface area contributed by atoms with Gasteiger partial charge in [0.15, 0.2) is 0 Å². The minimum atomic E-state index is -0.345. The van der Waals surface area contributed by atoms with Gasteiger partial charge in [0, 0.05) is 5.38 Å². The Kier molecular flexibility index (Phi) is 2.29. The van der Waals surface area contributed by atoms with E-state index in [1.807, 2.05) is 0 Å². The highest BCUT2D eigenvalue weighted by Gasteiger charge is 2.06. The van der Waals surface area contributed by atoms with Crippen LogP contribution in [0.25, 0.3) is 0 Å². The molecule has 2 nitrogen and oxygen atoms in total. The molecule has 0 bridgehead atoms. The number of terminal acetylenes is 1. The Morgan fingerprint density at radius 1 is 1.82 bits per heavy atom. The number of thiophene rings is 1. The van der Waals surface area contributed by atoms with Gasteiger partial charge in [-0.1, -0.05) is 5.92 Å². The molecule has 56 valence electrons. The first-order valence-electron chi connectivity index (χ1n) is 2.91. The number of rotatable bonds is 1. The van der Waals surface area contributed by atoms with E-state index in [2.05, 4.69) is 10.7 Å². The lowest BCUT2D eigenvalue weighted by Gasteiger charge is -1.90. The van der Waals surface area contributed by atoms with Crippen LogP contribution in [0, 0.1) is 12.3 Å². The van der Waals surface area contributed by atoms with Crippen LogP contribution in [-0.2, 0) is 4.74 Å². The second-order valence-corrected chi connectivity index (χ2v) is 2.75. The van der Waals surface area contributed by atoms with Crippen LogP contribution in [0.5, 0.6) is 0 Å². The number of esters is 1. The number of carbonyl (C=O) groups excluding carboxylic acids is 1. The van der Waals surface area contributed by atoms with Gasteiger partial charge in [0.2, 0.25) is 0 Å². The predicted octanol–water partition coefficient (Wildman–Crippen LogP) is 1.52. The monoisotopic (exact) mass is 166 g/mol. The van der Waals surface area contributed by atoms with Crippen molar-refractivity contribution in [2.75, 3.05) is 7.11 Å². The highest BCUT2D eigenvalue weighted by atomic mass is 32.1. The topological polar surface area (TPSA) is 26.3 Å². The Labute approximate surface area is 68.8 Å². The van der Waals surface area contributed by atoms with Gasteiger partial charge in [-0.2, -0.15) is 0 Å². The summed E-state index contributed by atoms with van der Waals surface area (Å²) in [5.41, 5.74) is 0.519. The zero-order valence-electron chi connectivity index (χ0n) is 5.96. The van der Waals surface area contributed by atoms with Crippen molar-refractivity contribution in [2.45, 2.75) is 0 Å². The molecule has 1 rings (SSSR count). The molecule has 0 N–H and O–H groups in total. The third-order valence-electron chi connectivity index (χ3n) is 1.16. The molecule has 0 saturated carbocycles. The molecule has 0 atom stereocenters. The van der Waals surface area contributed by atoms with Gasteiger partial charge in [-0.25, -0.2) is 4.79 Å². The molecule has 1 heterocycles. The maximum Gasteiger partial charge on any atom is 0.338 e. The van der Waals surface area contributed by atoms with Crippen molar-refractivity contribution >= 4 is 17.3 Å². The van der Waals surface area contributed by atoms with Crippen LogP contribution < -0.4 is 0 Å². The molecular formula is C8H6O2S. The van der Waals surface area contributed by atoms with Gasteiger partial charge in [0.25, 0.3) is 0 Å². The molecule has 0 saturated heterocycles. The zero-order chi connectivity index (χ0) is 8.27. The van der Waals surface area contributed by atoms with Crippen molar-refractivity contribution in [2.24, 2.45) is 0 Å². The van der Waals surface area contributed by atoms with Gasteiger partial charge in [-0.05, 0) is 6.07 Å². The van der Waals surface area contributed by atoms with Crippen molar-refractivity contribution < 1.29 is 9.53 Å². The number of methoxy groups -OCH3 is 1. The van der Waals surface area contributed by atoms with E-state index >= 15 is 0 Å². The Morgan fingerprint density at radius 3 is 3.00 bits per heavy atom. The highest BCUT2D eigenvalue weighted by Crippen LogP contribution is 2.13. The Bertz CT molecular complexity index is 306. The summed E-state index contributed by atoms with van der Waals surface area (Å²) in [4.78, 5) is 11.6. The fraction of sp³-hybridized carbons (Fsp3) is 0.125. The quantitative estimate of drug-likeness (QED) is 0.467. The molecule has 0 radical (unpaired) electrons. The molecular weight excluding hydrogens is 160 g/mol. The number of ether oxygens (including phenoxy) is 1. The molecule has 1 aromatic rings. The Hall–Kier alpha value is -1.27. The molecule has 11 heavy (non-hydrogen) atoms. The van der Waals surface area contributed by atoms with Crippen LogP contribution in [0.4, 0.5) is 0 Å². The van der Waals surface area contributed by atoms with Gasteiger partial charge in [0.05, 0.1) is 17.6 Å². The third-order valence-corrected chi connectivity index (χ3v) is 2.02. The molecule has 0 aliphatic rings. The summed E-state index contributed by atoms with van der Waals surface area (Å²) in [6.45, 7) is 0.